The normalized spacial score (nSPS) is 18.6. The highest BCUT2D eigenvalue weighted by Gasteiger charge is 2.37. The maximum Gasteiger partial charge on any atom is 0.244 e. The van der Waals surface area contributed by atoms with E-state index in [-0.39, 0.29) is 11.3 Å². The second-order valence-electron chi connectivity index (χ2n) is 10.8. The number of ether oxygens (including phenoxy) is 2. The van der Waals surface area contributed by atoms with Crippen molar-refractivity contribution in [3.8, 4) is 11.5 Å². The molecule has 3 heterocycles. The van der Waals surface area contributed by atoms with Crippen molar-refractivity contribution in [2.45, 2.75) is 51.6 Å². The van der Waals surface area contributed by atoms with Gasteiger partial charge in [0.15, 0.2) is 0 Å². The van der Waals surface area contributed by atoms with E-state index in [2.05, 4.69) is 46.4 Å². The predicted octanol–water partition coefficient (Wildman–Crippen LogP) is 4.81. The van der Waals surface area contributed by atoms with Gasteiger partial charge in [-0.25, -0.2) is 0 Å². The van der Waals surface area contributed by atoms with Crippen molar-refractivity contribution in [1.82, 2.24) is 19.6 Å². The van der Waals surface area contributed by atoms with Gasteiger partial charge in [0, 0.05) is 45.1 Å². The predicted molar refractivity (Wildman–Crippen MR) is 148 cm³/mol. The number of nitrogens with zero attached hydrogens (tertiary/aromatic N) is 4. The average molecular weight is 517 g/mol. The van der Waals surface area contributed by atoms with Crippen molar-refractivity contribution in [3.05, 3.63) is 78.1 Å². The molecule has 0 radical (unpaired) electrons. The zero-order valence-corrected chi connectivity index (χ0v) is 22.6. The fourth-order valence-electron chi connectivity index (χ4n) is 5.98. The minimum absolute atomic E-state index is 0.164. The summed E-state index contributed by atoms with van der Waals surface area (Å²) in [5.74, 6) is 2.07. The maximum absolute atomic E-state index is 12.9. The summed E-state index contributed by atoms with van der Waals surface area (Å²) in [4.78, 5) is 17.5. The number of para-hydroxylation sites is 1. The molecule has 3 aromatic rings. The van der Waals surface area contributed by atoms with Crippen molar-refractivity contribution in [2.75, 3.05) is 39.9 Å². The molecule has 5 rings (SSSR count). The Bertz CT molecular complexity index is 1150. The molecule has 1 aromatic heterocycles. The molecule has 1 fully saturated rings. The van der Waals surface area contributed by atoms with E-state index in [1.54, 1.807) is 18.0 Å². The number of benzene rings is 2. The number of rotatable bonds is 5. The monoisotopic (exact) mass is 516 g/mol. The number of piperidine rings is 1. The van der Waals surface area contributed by atoms with Crippen LogP contribution in [0.3, 0.4) is 0 Å². The standard InChI is InChI=1S/C31H40N4O3/c1-37-28-12-10-26(11-13-28)23-33-21-22-38-29-9-3-2-7-27(29)8-4-5-14-31(25-33)15-19-34(20-16-31)30(36)24-35-18-6-17-32-35/h2-3,6-7,9-13,17-18H,4-5,8,14-16,19-25H2,1H3. The zero-order chi connectivity index (χ0) is 26.2. The molecule has 0 saturated carbocycles. The second-order valence-corrected chi connectivity index (χ2v) is 10.8. The molecule has 1 saturated heterocycles. The summed E-state index contributed by atoms with van der Waals surface area (Å²) in [6, 6.07) is 18.8. The smallest absolute Gasteiger partial charge is 0.244 e. The van der Waals surface area contributed by atoms with Gasteiger partial charge in [-0.2, -0.15) is 5.10 Å². The van der Waals surface area contributed by atoms with Crippen molar-refractivity contribution >= 4 is 5.91 Å². The van der Waals surface area contributed by atoms with Crippen molar-refractivity contribution < 1.29 is 14.3 Å². The zero-order valence-electron chi connectivity index (χ0n) is 22.6. The van der Waals surface area contributed by atoms with Crippen LogP contribution in [0.15, 0.2) is 67.0 Å². The van der Waals surface area contributed by atoms with E-state index in [1.807, 2.05) is 29.3 Å². The first-order chi connectivity index (χ1) is 18.6. The Labute approximate surface area is 226 Å². The molecule has 38 heavy (non-hydrogen) atoms. The Morgan fingerprint density at radius 3 is 2.58 bits per heavy atom. The third-order valence-corrected chi connectivity index (χ3v) is 8.20. The van der Waals surface area contributed by atoms with E-state index >= 15 is 0 Å². The summed E-state index contributed by atoms with van der Waals surface area (Å²) >= 11 is 0. The van der Waals surface area contributed by atoms with Gasteiger partial charge in [0.05, 0.1) is 7.11 Å². The van der Waals surface area contributed by atoms with E-state index in [0.717, 1.165) is 69.9 Å². The minimum atomic E-state index is 0.164. The van der Waals surface area contributed by atoms with Crippen molar-refractivity contribution in [2.24, 2.45) is 5.41 Å². The van der Waals surface area contributed by atoms with Crippen LogP contribution in [0.4, 0.5) is 0 Å². The lowest BCUT2D eigenvalue weighted by atomic mass is 9.73. The largest absolute Gasteiger partial charge is 0.497 e. The molecule has 2 aromatic carbocycles. The minimum Gasteiger partial charge on any atom is -0.497 e. The van der Waals surface area contributed by atoms with E-state index in [9.17, 15) is 4.79 Å². The molecule has 1 spiro atoms. The highest BCUT2D eigenvalue weighted by Crippen LogP contribution is 2.39. The lowest BCUT2D eigenvalue weighted by molar-refractivity contribution is -0.134. The molecule has 0 bridgehead atoms. The van der Waals surface area contributed by atoms with Gasteiger partial charge >= 0.3 is 0 Å². The van der Waals surface area contributed by atoms with Crippen LogP contribution in [-0.2, 0) is 24.3 Å². The van der Waals surface area contributed by atoms with Gasteiger partial charge in [-0.1, -0.05) is 36.8 Å². The molecule has 0 atom stereocenters. The molecular weight excluding hydrogens is 476 g/mol. The lowest BCUT2D eigenvalue weighted by Gasteiger charge is -2.45. The van der Waals surface area contributed by atoms with Crippen LogP contribution in [0, 0.1) is 5.41 Å². The lowest BCUT2D eigenvalue weighted by Crippen LogP contribution is -2.49. The second kappa shape index (κ2) is 12.5. The van der Waals surface area contributed by atoms with Crippen LogP contribution in [-0.4, -0.2) is 65.4 Å². The van der Waals surface area contributed by atoms with Crippen LogP contribution in [0.2, 0.25) is 0 Å². The third-order valence-electron chi connectivity index (χ3n) is 8.20. The van der Waals surface area contributed by atoms with Crippen molar-refractivity contribution in [3.63, 3.8) is 0 Å². The number of likely N-dealkylation sites (tertiary alicyclic amines) is 1. The number of amides is 1. The summed E-state index contributed by atoms with van der Waals surface area (Å²) < 4.78 is 13.4. The van der Waals surface area contributed by atoms with Crippen LogP contribution in [0.1, 0.15) is 43.2 Å². The molecule has 0 aliphatic carbocycles. The van der Waals surface area contributed by atoms with E-state index in [0.29, 0.717) is 13.2 Å². The Morgan fingerprint density at radius 1 is 1.00 bits per heavy atom. The molecule has 7 nitrogen and oxygen atoms in total. The molecule has 202 valence electrons. The Kier molecular flexibility index (Phi) is 8.64. The molecule has 2 aliphatic rings. The van der Waals surface area contributed by atoms with Crippen LogP contribution >= 0.6 is 0 Å². The van der Waals surface area contributed by atoms with E-state index in [4.69, 9.17) is 9.47 Å². The first-order valence-electron chi connectivity index (χ1n) is 13.9. The highest BCUT2D eigenvalue weighted by atomic mass is 16.5. The number of carbonyl (C=O) groups excluding carboxylic acids is 1. The number of carbonyl (C=O) groups is 1. The summed E-state index contributed by atoms with van der Waals surface area (Å²) in [7, 11) is 1.70. The number of methoxy groups -OCH3 is 1. The van der Waals surface area contributed by atoms with E-state index < -0.39 is 0 Å². The average Bonchev–Trinajstić information content (AvgIpc) is 3.45. The number of fused-ring (bicyclic) bond motifs is 1. The summed E-state index contributed by atoms with van der Waals surface area (Å²) in [6.45, 7) is 5.37. The summed E-state index contributed by atoms with van der Waals surface area (Å²) in [6.07, 6.45) is 10.2. The molecular formula is C31H40N4O3. The van der Waals surface area contributed by atoms with Crippen LogP contribution < -0.4 is 9.47 Å². The number of aromatic nitrogens is 2. The Balaban J connectivity index is 1.30. The van der Waals surface area contributed by atoms with Crippen LogP contribution in [0.5, 0.6) is 11.5 Å². The Hall–Kier alpha value is -3.32. The Morgan fingerprint density at radius 2 is 1.82 bits per heavy atom. The van der Waals surface area contributed by atoms with Crippen LogP contribution in [0.25, 0.3) is 0 Å². The molecule has 7 heteroatoms. The molecule has 1 amide bonds. The third kappa shape index (κ3) is 6.76. The van der Waals surface area contributed by atoms with Gasteiger partial charge in [-0.3, -0.25) is 14.4 Å². The first-order valence-corrected chi connectivity index (χ1v) is 13.9. The van der Waals surface area contributed by atoms with Gasteiger partial charge in [-0.15, -0.1) is 0 Å². The number of hydrogen-bond donors (Lipinski definition) is 0. The van der Waals surface area contributed by atoms with Gasteiger partial charge < -0.3 is 14.4 Å². The van der Waals surface area contributed by atoms with Gasteiger partial charge in [0.25, 0.3) is 0 Å². The summed E-state index contributed by atoms with van der Waals surface area (Å²) in [5.41, 5.74) is 2.79. The highest BCUT2D eigenvalue weighted by molar-refractivity contribution is 5.76. The topological polar surface area (TPSA) is 59.8 Å². The molecule has 0 unspecified atom stereocenters. The van der Waals surface area contributed by atoms with Crippen molar-refractivity contribution in [1.29, 1.82) is 0 Å². The van der Waals surface area contributed by atoms with E-state index in [1.165, 1.54) is 24.0 Å². The fraction of sp³-hybridized carbons (Fsp3) is 0.484. The van der Waals surface area contributed by atoms with Gasteiger partial charge in [-0.05, 0) is 72.9 Å². The fourth-order valence-corrected chi connectivity index (χ4v) is 5.98. The molecule has 0 N–H and O–H groups in total. The summed E-state index contributed by atoms with van der Waals surface area (Å²) in [5, 5.41) is 4.21. The number of aryl methyl sites for hydroxylation is 1. The quantitative estimate of drug-likeness (QED) is 0.487. The van der Waals surface area contributed by atoms with Gasteiger partial charge in [0.1, 0.15) is 24.7 Å². The SMILES string of the molecule is COc1ccc(CN2CCOc3ccccc3CCCCC3(CCN(C(=O)Cn4cccn4)CC3)C2)cc1. The molecule has 2 aliphatic heterocycles. The number of hydrogen-bond acceptors (Lipinski definition) is 5. The first kappa shape index (κ1) is 26.3. The maximum atomic E-state index is 12.9. The van der Waals surface area contributed by atoms with Gasteiger partial charge in [0.2, 0.25) is 5.91 Å².